The van der Waals surface area contributed by atoms with E-state index in [1.165, 1.54) is 32.1 Å². The summed E-state index contributed by atoms with van der Waals surface area (Å²) in [6.45, 7) is 3.23. The van der Waals surface area contributed by atoms with E-state index in [1.807, 2.05) is 0 Å². The first-order chi connectivity index (χ1) is 8.36. The van der Waals surface area contributed by atoms with Gasteiger partial charge in [-0.1, -0.05) is 6.92 Å². The highest BCUT2D eigenvalue weighted by molar-refractivity contribution is 5.17. The Balaban J connectivity index is 1.34. The molecule has 1 saturated heterocycles. The van der Waals surface area contributed by atoms with Crippen molar-refractivity contribution in [1.29, 1.82) is 0 Å². The van der Waals surface area contributed by atoms with Crippen LogP contribution in [0.3, 0.4) is 0 Å². The fraction of sp³-hybridized carbons (Fsp3) is 1.00. The van der Waals surface area contributed by atoms with Gasteiger partial charge in [0.05, 0.1) is 6.10 Å². The number of rotatable bonds is 3. The molecule has 0 aromatic heterocycles. The molecule has 0 radical (unpaired) electrons. The molecule has 4 fully saturated rings. The Labute approximate surface area is 104 Å². The van der Waals surface area contributed by atoms with Gasteiger partial charge < -0.3 is 10.1 Å². The van der Waals surface area contributed by atoms with Gasteiger partial charge in [-0.2, -0.15) is 0 Å². The third-order valence-corrected chi connectivity index (χ3v) is 5.99. The minimum atomic E-state index is 0.525. The number of nitrogens with one attached hydrogen (secondary N) is 1. The monoisotopic (exact) mass is 235 g/mol. The maximum Gasteiger partial charge on any atom is 0.0587 e. The lowest BCUT2D eigenvalue weighted by molar-refractivity contribution is -0.00100. The van der Waals surface area contributed by atoms with Crippen molar-refractivity contribution in [3.8, 4) is 0 Å². The van der Waals surface area contributed by atoms with E-state index in [0.717, 1.165) is 42.4 Å². The van der Waals surface area contributed by atoms with Crippen LogP contribution in [0.4, 0.5) is 0 Å². The van der Waals surface area contributed by atoms with Gasteiger partial charge in [0.1, 0.15) is 0 Å². The van der Waals surface area contributed by atoms with Gasteiger partial charge in [-0.3, -0.25) is 0 Å². The van der Waals surface area contributed by atoms with Gasteiger partial charge in [-0.25, -0.2) is 0 Å². The fourth-order valence-electron chi connectivity index (χ4n) is 5.14. The molecule has 2 bridgehead atoms. The van der Waals surface area contributed by atoms with Crippen LogP contribution in [0.2, 0.25) is 0 Å². The summed E-state index contributed by atoms with van der Waals surface area (Å²) in [6, 6.07) is 1.66. The lowest BCUT2D eigenvalue weighted by atomic mass is 10.00. The Kier molecular flexibility index (Phi) is 2.52. The number of hydrogen-bond donors (Lipinski definition) is 1. The molecule has 0 aromatic carbocycles. The van der Waals surface area contributed by atoms with Gasteiger partial charge in [-0.05, 0) is 62.2 Å². The van der Waals surface area contributed by atoms with E-state index in [1.54, 1.807) is 6.42 Å². The van der Waals surface area contributed by atoms with Crippen LogP contribution in [-0.4, -0.2) is 24.8 Å². The molecule has 6 atom stereocenters. The van der Waals surface area contributed by atoms with Crippen molar-refractivity contribution < 1.29 is 4.74 Å². The lowest BCUT2D eigenvalue weighted by Crippen LogP contribution is -2.41. The van der Waals surface area contributed by atoms with Crippen molar-refractivity contribution in [2.45, 2.75) is 63.6 Å². The number of hydrogen-bond acceptors (Lipinski definition) is 2. The van der Waals surface area contributed by atoms with Crippen molar-refractivity contribution in [3.63, 3.8) is 0 Å². The standard InChI is InChI=1S/C15H25NO/c1-2-12-8-11(5-6-17-12)16-15-13-9-3-4-10(7-9)14(13)15/h9-16H,2-8H2,1H3. The van der Waals surface area contributed by atoms with Gasteiger partial charge in [0.15, 0.2) is 0 Å². The van der Waals surface area contributed by atoms with Crippen LogP contribution in [0.25, 0.3) is 0 Å². The Morgan fingerprint density at radius 1 is 1.06 bits per heavy atom. The first kappa shape index (κ1) is 10.8. The molecule has 96 valence electrons. The minimum Gasteiger partial charge on any atom is -0.378 e. The normalized spacial score (nSPS) is 55.9. The van der Waals surface area contributed by atoms with Gasteiger partial charge in [0, 0.05) is 18.7 Å². The summed E-state index contributed by atoms with van der Waals surface area (Å²) in [5, 5.41) is 3.98. The first-order valence-corrected chi connectivity index (χ1v) is 7.74. The third kappa shape index (κ3) is 1.67. The Bertz CT molecular complexity index is 289. The van der Waals surface area contributed by atoms with E-state index in [2.05, 4.69) is 12.2 Å². The van der Waals surface area contributed by atoms with Gasteiger partial charge in [0.2, 0.25) is 0 Å². The molecule has 0 aromatic rings. The molecule has 3 saturated carbocycles. The zero-order valence-electron chi connectivity index (χ0n) is 10.9. The number of fused-ring (bicyclic) bond motifs is 5. The predicted molar refractivity (Wildman–Crippen MR) is 67.8 cm³/mol. The van der Waals surface area contributed by atoms with E-state index in [9.17, 15) is 0 Å². The second kappa shape index (κ2) is 3.96. The topological polar surface area (TPSA) is 21.3 Å². The average molecular weight is 235 g/mol. The predicted octanol–water partition coefficient (Wildman–Crippen LogP) is 2.58. The van der Waals surface area contributed by atoms with Crippen LogP contribution in [0.1, 0.15) is 45.4 Å². The Morgan fingerprint density at radius 2 is 1.82 bits per heavy atom. The van der Waals surface area contributed by atoms with Crippen LogP contribution in [-0.2, 0) is 4.74 Å². The third-order valence-electron chi connectivity index (χ3n) is 5.99. The Morgan fingerprint density at radius 3 is 2.53 bits per heavy atom. The summed E-state index contributed by atoms with van der Waals surface area (Å²) in [6.07, 6.45) is 8.84. The van der Waals surface area contributed by atoms with Crippen molar-refractivity contribution >= 4 is 0 Å². The Hall–Kier alpha value is -0.0800. The SMILES string of the molecule is CCC1CC(NC2C3C4CCC(C4)C23)CCO1. The summed E-state index contributed by atoms with van der Waals surface area (Å²) >= 11 is 0. The molecular formula is C15H25NO. The molecule has 1 N–H and O–H groups in total. The fourth-order valence-corrected chi connectivity index (χ4v) is 5.14. The summed E-state index contributed by atoms with van der Waals surface area (Å²) in [7, 11) is 0. The quantitative estimate of drug-likeness (QED) is 0.812. The highest BCUT2D eigenvalue weighted by Gasteiger charge is 2.64. The van der Waals surface area contributed by atoms with Gasteiger partial charge in [0.25, 0.3) is 0 Å². The van der Waals surface area contributed by atoms with Crippen molar-refractivity contribution in [2.24, 2.45) is 23.7 Å². The van der Waals surface area contributed by atoms with Crippen LogP contribution >= 0.6 is 0 Å². The molecule has 6 unspecified atom stereocenters. The second-order valence-corrected chi connectivity index (χ2v) is 6.80. The van der Waals surface area contributed by atoms with E-state index >= 15 is 0 Å². The molecule has 1 aliphatic heterocycles. The van der Waals surface area contributed by atoms with Crippen LogP contribution < -0.4 is 5.32 Å². The maximum absolute atomic E-state index is 5.77. The smallest absolute Gasteiger partial charge is 0.0587 e. The largest absolute Gasteiger partial charge is 0.378 e. The molecular weight excluding hydrogens is 210 g/mol. The lowest BCUT2D eigenvalue weighted by Gasteiger charge is -2.30. The number of ether oxygens (including phenoxy) is 1. The van der Waals surface area contributed by atoms with E-state index in [0.29, 0.717) is 6.10 Å². The zero-order chi connectivity index (χ0) is 11.4. The molecule has 3 aliphatic carbocycles. The van der Waals surface area contributed by atoms with Gasteiger partial charge >= 0.3 is 0 Å². The maximum atomic E-state index is 5.77. The van der Waals surface area contributed by atoms with Crippen LogP contribution in [0.5, 0.6) is 0 Å². The van der Waals surface area contributed by atoms with Crippen LogP contribution in [0, 0.1) is 23.7 Å². The highest BCUT2D eigenvalue weighted by Crippen LogP contribution is 2.65. The van der Waals surface area contributed by atoms with Crippen molar-refractivity contribution in [3.05, 3.63) is 0 Å². The van der Waals surface area contributed by atoms with Crippen molar-refractivity contribution in [2.75, 3.05) is 6.61 Å². The first-order valence-electron chi connectivity index (χ1n) is 7.74. The van der Waals surface area contributed by atoms with E-state index < -0.39 is 0 Å². The summed E-state index contributed by atoms with van der Waals surface area (Å²) < 4.78 is 5.77. The molecule has 1 heterocycles. The average Bonchev–Trinajstić information content (AvgIpc) is 2.76. The summed E-state index contributed by atoms with van der Waals surface area (Å²) in [4.78, 5) is 0. The molecule has 17 heavy (non-hydrogen) atoms. The molecule has 4 aliphatic rings. The zero-order valence-corrected chi connectivity index (χ0v) is 10.9. The second-order valence-electron chi connectivity index (χ2n) is 6.80. The minimum absolute atomic E-state index is 0.525. The molecule has 0 spiro atoms. The van der Waals surface area contributed by atoms with E-state index in [4.69, 9.17) is 4.74 Å². The highest BCUT2D eigenvalue weighted by atomic mass is 16.5. The summed E-state index contributed by atoms with van der Waals surface area (Å²) in [5.74, 6) is 4.36. The molecule has 0 amide bonds. The molecule has 2 nitrogen and oxygen atoms in total. The van der Waals surface area contributed by atoms with E-state index in [-0.39, 0.29) is 0 Å². The van der Waals surface area contributed by atoms with Crippen molar-refractivity contribution in [1.82, 2.24) is 5.32 Å². The molecule has 4 rings (SSSR count). The van der Waals surface area contributed by atoms with Crippen LogP contribution in [0.15, 0.2) is 0 Å². The van der Waals surface area contributed by atoms with Gasteiger partial charge in [-0.15, -0.1) is 0 Å². The molecule has 2 heteroatoms. The summed E-state index contributed by atoms with van der Waals surface area (Å²) in [5.41, 5.74) is 0.